The Morgan fingerprint density at radius 3 is 2.48 bits per heavy atom. The second-order valence-corrected chi connectivity index (χ2v) is 7.53. The zero-order valence-corrected chi connectivity index (χ0v) is 18.3. The fourth-order valence-corrected chi connectivity index (χ4v) is 3.19. The summed E-state index contributed by atoms with van der Waals surface area (Å²) in [6, 6.07) is 14.0. The lowest BCUT2D eigenvalue weighted by Crippen LogP contribution is -2.15. The minimum absolute atomic E-state index is 0.0142. The summed E-state index contributed by atoms with van der Waals surface area (Å²) in [7, 11) is 0. The van der Waals surface area contributed by atoms with Gasteiger partial charge in [0, 0.05) is 18.7 Å². The summed E-state index contributed by atoms with van der Waals surface area (Å²) < 4.78 is 49.5. The van der Waals surface area contributed by atoms with Gasteiger partial charge < -0.3 is 9.47 Å². The van der Waals surface area contributed by atoms with E-state index in [1.54, 1.807) is 18.2 Å². The molecular weight excluding hydrogens is 480 g/mol. The van der Waals surface area contributed by atoms with Crippen LogP contribution < -0.4 is 9.47 Å². The van der Waals surface area contributed by atoms with Gasteiger partial charge in [-0.2, -0.15) is 18.4 Å². The van der Waals surface area contributed by atoms with Crippen molar-refractivity contribution in [3.63, 3.8) is 0 Å². The van der Waals surface area contributed by atoms with Crippen LogP contribution in [0.25, 0.3) is 0 Å². The van der Waals surface area contributed by atoms with Crippen LogP contribution in [-0.2, 0) is 11.0 Å². The highest BCUT2D eigenvalue weighted by Crippen LogP contribution is 2.38. The third kappa shape index (κ3) is 6.37. The van der Waals surface area contributed by atoms with Crippen LogP contribution in [0.1, 0.15) is 23.6 Å². The van der Waals surface area contributed by atoms with Gasteiger partial charge in [-0.25, -0.2) is 0 Å². The van der Waals surface area contributed by atoms with E-state index in [0.717, 1.165) is 18.2 Å². The standard InChI is InChI=1S/C23H15Cl2F3N2O3/c24-17-6-5-15(33-21-7-4-14(11-18(21)25)23(26,27)28)12-22(17)32-10-8-20(31)16(13-29)19-3-1-2-9-30-19/h1-7,9,11-12,16H,8,10H2. The predicted octanol–water partition coefficient (Wildman–Crippen LogP) is 6.84. The number of carbonyl (C=O) groups is 1. The number of benzene rings is 2. The number of Topliss-reactive ketones (excluding diaryl/α,β-unsaturated/α-hetero) is 1. The normalized spacial score (nSPS) is 12.0. The average molecular weight is 495 g/mol. The summed E-state index contributed by atoms with van der Waals surface area (Å²) in [5, 5.41) is 9.32. The smallest absolute Gasteiger partial charge is 0.416 e. The molecule has 0 aliphatic carbocycles. The molecule has 0 spiro atoms. The van der Waals surface area contributed by atoms with Crippen LogP contribution in [0.2, 0.25) is 10.0 Å². The van der Waals surface area contributed by atoms with Crippen molar-refractivity contribution < 1.29 is 27.4 Å². The molecule has 1 aromatic heterocycles. The van der Waals surface area contributed by atoms with Gasteiger partial charge in [0.1, 0.15) is 23.2 Å². The highest BCUT2D eigenvalue weighted by Gasteiger charge is 2.31. The van der Waals surface area contributed by atoms with E-state index in [1.807, 2.05) is 6.07 Å². The molecule has 1 heterocycles. The number of hydrogen-bond acceptors (Lipinski definition) is 5. The number of pyridine rings is 1. The molecule has 0 bridgehead atoms. The Labute approximate surface area is 197 Å². The third-order valence-corrected chi connectivity index (χ3v) is 5.04. The van der Waals surface area contributed by atoms with Gasteiger partial charge in [0.05, 0.1) is 34.0 Å². The highest BCUT2D eigenvalue weighted by atomic mass is 35.5. The first-order chi connectivity index (χ1) is 15.7. The fourth-order valence-electron chi connectivity index (χ4n) is 2.80. The molecule has 1 atom stereocenters. The Morgan fingerprint density at radius 2 is 1.85 bits per heavy atom. The van der Waals surface area contributed by atoms with Gasteiger partial charge in [-0.15, -0.1) is 0 Å². The Hall–Kier alpha value is -3.28. The number of hydrogen-bond donors (Lipinski definition) is 0. The van der Waals surface area contributed by atoms with Crippen molar-refractivity contribution in [2.45, 2.75) is 18.5 Å². The number of nitriles is 1. The number of rotatable bonds is 8. The second-order valence-electron chi connectivity index (χ2n) is 6.72. The molecule has 170 valence electrons. The molecule has 0 N–H and O–H groups in total. The number of aromatic nitrogens is 1. The van der Waals surface area contributed by atoms with Gasteiger partial charge >= 0.3 is 6.18 Å². The molecule has 1 unspecified atom stereocenters. The number of carbonyl (C=O) groups excluding carboxylic acids is 1. The molecular formula is C23H15Cl2F3N2O3. The summed E-state index contributed by atoms with van der Waals surface area (Å²) >= 11 is 12.0. The van der Waals surface area contributed by atoms with E-state index in [4.69, 9.17) is 32.7 Å². The molecule has 0 aliphatic rings. The molecule has 10 heteroatoms. The molecule has 3 rings (SSSR count). The molecule has 0 saturated carbocycles. The van der Waals surface area contributed by atoms with Crippen molar-refractivity contribution in [2.24, 2.45) is 0 Å². The van der Waals surface area contributed by atoms with Gasteiger partial charge in [-0.3, -0.25) is 9.78 Å². The SMILES string of the molecule is N#CC(C(=O)CCOc1cc(Oc2ccc(C(F)(F)F)cc2Cl)ccc1Cl)c1ccccn1. The first-order valence-electron chi connectivity index (χ1n) is 9.49. The number of ketones is 1. The quantitative estimate of drug-likeness (QED) is 0.342. The van der Waals surface area contributed by atoms with Gasteiger partial charge in [-0.1, -0.05) is 29.3 Å². The van der Waals surface area contributed by atoms with E-state index in [-0.39, 0.29) is 46.1 Å². The molecule has 33 heavy (non-hydrogen) atoms. The molecule has 0 saturated heterocycles. The summed E-state index contributed by atoms with van der Waals surface area (Å²) in [5.74, 6) is -0.958. The van der Waals surface area contributed by atoms with Crippen molar-refractivity contribution in [3.05, 3.63) is 82.1 Å². The lowest BCUT2D eigenvalue weighted by Gasteiger charge is -2.13. The lowest BCUT2D eigenvalue weighted by atomic mass is 9.99. The third-order valence-electron chi connectivity index (χ3n) is 4.43. The molecule has 5 nitrogen and oxygen atoms in total. The van der Waals surface area contributed by atoms with Crippen molar-refractivity contribution in [3.8, 4) is 23.3 Å². The van der Waals surface area contributed by atoms with Gasteiger partial charge in [0.2, 0.25) is 0 Å². The molecule has 0 radical (unpaired) electrons. The van der Waals surface area contributed by atoms with Crippen LogP contribution in [0.4, 0.5) is 13.2 Å². The summed E-state index contributed by atoms with van der Waals surface area (Å²) in [4.78, 5) is 16.4. The fraction of sp³-hybridized carbons (Fsp3) is 0.174. The van der Waals surface area contributed by atoms with Crippen LogP contribution in [0.5, 0.6) is 17.2 Å². The van der Waals surface area contributed by atoms with E-state index in [1.165, 1.54) is 24.4 Å². The van der Waals surface area contributed by atoms with Crippen molar-refractivity contribution in [1.82, 2.24) is 4.98 Å². The largest absolute Gasteiger partial charge is 0.491 e. The van der Waals surface area contributed by atoms with Gasteiger partial charge in [-0.05, 0) is 42.5 Å². The highest BCUT2D eigenvalue weighted by molar-refractivity contribution is 6.32. The Kier molecular flexibility index (Phi) is 7.79. The van der Waals surface area contributed by atoms with Crippen LogP contribution in [0.3, 0.4) is 0 Å². The topological polar surface area (TPSA) is 72.2 Å². The number of halogens is 5. The van der Waals surface area contributed by atoms with E-state index < -0.39 is 17.7 Å². The maximum absolute atomic E-state index is 12.8. The molecule has 3 aromatic rings. The Morgan fingerprint density at radius 1 is 1.06 bits per heavy atom. The first kappa shape index (κ1) is 24.4. The minimum atomic E-state index is -4.53. The van der Waals surface area contributed by atoms with Crippen LogP contribution in [0.15, 0.2) is 60.8 Å². The molecule has 0 amide bonds. The predicted molar refractivity (Wildman–Crippen MR) is 116 cm³/mol. The van der Waals surface area contributed by atoms with E-state index in [2.05, 4.69) is 4.98 Å². The van der Waals surface area contributed by atoms with E-state index in [9.17, 15) is 23.2 Å². The summed E-state index contributed by atoms with van der Waals surface area (Å²) in [6.07, 6.45) is -3.10. The maximum atomic E-state index is 12.8. The Bertz CT molecular complexity index is 1180. The van der Waals surface area contributed by atoms with Crippen molar-refractivity contribution in [2.75, 3.05) is 6.61 Å². The number of ether oxygens (including phenoxy) is 2. The monoisotopic (exact) mass is 494 g/mol. The minimum Gasteiger partial charge on any atom is -0.491 e. The van der Waals surface area contributed by atoms with Crippen molar-refractivity contribution >= 4 is 29.0 Å². The number of nitrogens with zero attached hydrogens (tertiary/aromatic N) is 2. The Balaban J connectivity index is 1.65. The first-order valence-corrected chi connectivity index (χ1v) is 10.2. The zero-order chi connectivity index (χ0) is 24.0. The molecule has 0 aliphatic heterocycles. The molecule has 0 fully saturated rings. The van der Waals surface area contributed by atoms with Crippen LogP contribution >= 0.6 is 23.2 Å². The van der Waals surface area contributed by atoms with E-state index >= 15 is 0 Å². The van der Waals surface area contributed by atoms with Gasteiger partial charge in [0.15, 0.2) is 5.78 Å². The van der Waals surface area contributed by atoms with Crippen molar-refractivity contribution in [1.29, 1.82) is 5.26 Å². The van der Waals surface area contributed by atoms with E-state index in [0.29, 0.717) is 5.69 Å². The lowest BCUT2D eigenvalue weighted by molar-refractivity contribution is -0.137. The summed E-state index contributed by atoms with van der Waals surface area (Å²) in [5.41, 5.74) is -0.544. The average Bonchev–Trinajstić information content (AvgIpc) is 2.78. The zero-order valence-electron chi connectivity index (χ0n) is 16.8. The van der Waals surface area contributed by atoms with Crippen LogP contribution in [0, 0.1) is 11.3 Å². The van der Waals surface area contributed by atoms with Crippen LogP contribution in [-0.4, -0.2) is 17.4 Å². The number of alkyl halides is 3. The van der Waals surface area contributed by atoms with Gasteiger partial charge in [0.25, 0.3) is 0 Å². The second kappa shape index (κ2) is 10.6. The maximum Gasteiger partial charge on any atom is 0.416 e. The summed E-state index contributed by atoms with van der Waals surface area (Å²) in [6.45, 7) is -0.0615. The molecule has 2 aromatic carbocycles.